The van der Waals surface area contributed by atoms with Crippen LogP contribution in [0.25, 0.3) is 0 Å². The average molecular weight is 319 g/mol. The highest BCUT2D eigenvalue weighted by Crippen LogP contribution is 2.36. The molecule has 0 radical (unpaired) electrons. The summed E-state index contributed by atoms with van der Waals surface area (Å²) in [6.45, 7) is 4.44. The topological polar surface area (TPSA) is 44.7 Å². The van der Waals surface area contributed by atoms with Gasteiger partial charge in [0, 0.05) is 49.3 Å². The SMILES string of the molecule is C=C1NC(=O)CCC1c1c(F)cc(N2CCCC2=NC)cc1F. The van der Waals surface area contributed by atoms with Crippen molar-refractivity contribution >= 4 is 17.4 Å². The van der Waals surface area contributed by atoms with Crippen LogP contribution < -0.4 is 10.2 Å². The summed E-state index contributed by atoms with van der Waals surface area (Å²) in [6.07, 6.45) is 2.34. The molecule has 4 nitrogen and oxygen atoms in total. The maximum Gasteiger partial charge on any atom is 0.224 e. The lowest BCUT2D eigenvalue weighted by Gasteiger charge is -2.27. The molecular weight excluding hydrogens is 300 g/mol. The molecule has 0 saturated carbocycles. The minimum Gasteiger partial charge on any atom is -0.330 e. The first kappa shape index (κ1) is 15.6. The third kappa shape index (κ3) is 2.85. The number of aliphatic imine (C=N–C) groups is 1. The number of carbonyl (C=O) groups is 1. The minimum atomic E-state index is -0.607. The van der Waals surface area contributed by atoms with E-state index in [4.69, 9.17) is 0 Å². The van der Waals surface area contributed by atoms with Gasteiger partial charge in [-0.05, 0) is 25.0 Å². The molecule has 0 bridgehead atoms. The Kier molecular flexibility index (Phi) is 4.15. The van der Waals surface area contributed by atoms with Crippen LogP contribution in [-0.4, -0.2) is 25.3 Å². The van der Waals surface area contributed by atoms with E-state index in [-0.39, 0.29) is 17.9 Å². The number of rotatable bonds is 2. The Labute approximate surface area is 133 Å². The number of hydrogen-bond donors (Lipinski definition) is 1. The number of carbonyl (C=O) groups excluding carboxylic acids is 1. The number of hydrogen-bond acceptors (Lipinski definition) is 2. The molecule has 1 unspecified atom stereocenters. The molecule has 0 aliphatic carbocycles. The van der Waals surface area contributed by atoms with Gasteiger partial charge in [0.25, 0.3) is 0 Å². The van der Waals surface area contributed by atoms with Crippen LogP contribution in [0.4, 0.5) is 14.5 Å². The Morgan fingerprint density at radius 2 is 2.00 bits per heavy atom. The largest absolute Gasteiger partial charge is 0.330 e. The second kappa shape index (κ2) is 6.10. The van der Waals surface area contributed by atoms with Crippen LogP contribution in [-0.2, 0) is 4.79 Å². The monoisotopic (exact) mass is 319 g/mol. The first-order valence-corrected chi connectivity index (χ1v) is 7.72. The lowest BCUT2D eigenvalue weighted by Crippen LogP contribution is -2.32. The average Bonchev–Trinajstić information content (AvgIpc) is 2.97. The van der Waals surface area contributed by atoms with Gasteiger partial charge < -0.3 is 10.2 Å². The van der Waals surface area contributed by atoms with Crippen LogP contribution >= 0.6 is 0 Å². The predicted molar refractivity (Wildman–Crippen MR) is 85.6 cm³/mol. The summed E-state index contributed by atoms with van der Waals surface area (Å²) in [5.74, 6) is -1.07. The van der Waals surface area contributed by atoms with E-state index in [1.807, 2.05) is 4.90 Å². The van der Waals surface area contributed by atoms with Crippen molar-refractivity contribution in [3.8, 4) is 0 Å². The zero-order valence-electron chi connectivity index (χ0n) is 13.0. The van der Waals surface area contributed by atoms with Crippen LogP contribution in [0.2, 0.25) is 0 Å². The van der Waals surface area contributed by atoms with Gasteiger partial charge in [0.2, 0.25) is 5.91 Å². The molecule has 2 heterocycles. The Morgan fingerprint density at radius 1 is 1.30 bits per heavy atom. The summed E-state index contributed by atoms with van der Waals surface area (Å²) >= 11 is 0. The van der Waals surface area contributed by atoms with E-state index in [9.17, 15) is 13.6 Å². The zero-order chi connectivity index (χ0) is 16.6. The van der Waals surface area contributed by atoms with Gasteiger partial charge in [0.1, 0.15) is 17.5 Å². The van der Waals surface area contributed by atoms with Gasteiger partial charge in [0.15, 0.2) is 0 Å². The van der Waals surface area contributed by atoms with E-state index in [1.165, 1.54) is 12.1 Å². The van der Waals surface area contributed by atoms with Crippen LogP contribution in [0.3, 0.4) is 0 Å². The highest BCUT2D eigenvalue weighted by atomic mass is 19.1. The fraction of sp³-hybridized carbons (Fsp3) is 0.412. The van der Waals surface area contributed by atoms with Crippen molar-refractivity contribution < 1.29 is 13.6 Å². The van der Waals surface area contributed by atoms with E-state index in [0.717, 1.165) is 18.7 Å². The van der Waals surface area contributed by atoms with E-state index in [0.29, 0.717) is 24.4 Å². The number of allylic oxidation sites excluding steroid dienone is 1. The first-order valence-electron chi connectivity index (χ1n) is 7.72. The molecule has 1 aromatic rings. The number of benzene rings is 1. The Hall–Kier alpha value is -2.24. The summed E-state index contributed by atoms with van der Waals surface area (Å²) in [6, 6.07) is 2.69. The molecule has 2 fully saturated rings. The summed E-state index contributed by atoms with van der Waals surface area (Å²) in [5, 5.41) is 2.57. The Balaban J connectivity index is 1.95. The van der Waals surface area contributed by atoms with Crippen molar-refractivity contribution in [1.29, 1.82) is 0 Å². The van der Waals surface area contributed by atoms with Crippen LogP contribution in [0, 0.1) is 11.6 Å². The van der Waals surface area contributed by atoms with Gasteiger partial charge in [-0.2, -0.15) is 0 Å². The second-order valence-electron chi connectivity index (χ2n) is 5.88. The number of piperidine rings is 1. The number of anilines is 1. The van der Waals surface area contributed by atoms with Crippen LogP contribution in [0.1, 0.15) is 37.2 Å². The smallest absolute Gasteiger partial charge is 0.224 e. The van der Waals surface area contributed by atoms with Crippen molar-refractivity contribution in [3.63, 3.8) is 0 Å². The fourth-order valence-corrected chi connectivity index (χ4v) is 3.33. The van der Waals surface area contributed by atoms with Crippen molar-refractivity contribution in [3.05, 3.63) is 41.6 Å². The van der Waals surface area contributed by atoms with Crippen molar-refractivity contribution in [1.82, 2.24) is 5.32 Å². The highest BCUT2D eigenvalue weighted by Gasteiger charge is 2.30. The van der Waals surface area contributed by atoms with E-state index < -0.39 is 17.6 Å². The lowest BCUT2D eigenvalue weighted by molar-refractivity contribution is -0.121. The minimum absolute atomic E-state index is 0.0204. The maximum atomic E-state index is 14.6. The van der Waals surface area contributed by atoms with E-state index in [1.54, 1.807) is 7.05 Å². The molecule has 2 aliphatic heterocycles. The van der Waals surface area contributed by atoms with Crippen molar-refractivity contribution in [2.45, 2.75) is 31.6 Å². The molecule has 3 rings (SSSR count). The molecule has 1 atom stereocenters. The number of halogens is 2. The van der Waals surface area contributed by atoms with Gasteiger partial charge in [-0.1, -0.05) is 6.58 Å². The summed E-state index contributed by atoms with van der Waals surface area (Å²) in [4.78, 5) is 17.4. The normalized spacial score (nSPS) is 23.5. The fourth-order valence-electron chi connectivity index (χ4n) is 3.33. The van der Waals surface area contributed by atoms with Gasteiger partial charge in [0.05, 0.1) is 0 Å². The molecule has 23 heavy (non-hydrogen) atoms. The van der Waals surface area contributed by atoms with Crippen molar-refractivity contribution in [2.75, 3.05) is 18.5 Å². The molecule has 0 spiro atoms. The molecule has 1 aromatic carbocycles. The predicted octanol–water partition coefficient (Wildman–Crippen LogP) is 3.10. The highest BCUT2D eigenvalue weighted by molar-refractivity contribution is 5.99. The lowest BCUT2D eigenvalue weighted by atomic mass is 9.87. The number of nitrogens with one attached hydrogen (secondary N) is 1. The molecule has 1 N–H and O–H groups in total. The maximum absolute atomic E-state index is 14.6. The van der Waals surface area contributed by atoms with Crippen LogP contribution in [0.5, 0.6) is 0 Å². The summed E-state index contributed by atoms with van der Waals surface area (Å²) < 4.78 is 29.2. The van der Waals surface area contributed by atoms with Gasteiger partial charge >= 0.3 is 0 Å². The van der Waals surface area contributed by atoms with Gasteiger partial charge in [-0.25, -0.2) is 8.78 Å². The molecule has 1 amide bonds. The van der Waals surface area contributed by atoms with E-state index >= 15 is 0 Å². The van der Waals surface area contributed by atoms with E-state index in [2.05, 4.69) is 16.9 Å². The molecular formula is C17H19F2N3O. The molecule has 6 heteroatoms. The Bertz CT molecular complexity index is 676. The second-order valence-corrected chi connectivity index (χ2v) is 5.88. The number of amides is 1. The number of amidine groups is 1. The van der Waals surface area contributed by atoms with Crippen molar-refractivity contribution in [2.24, 2.45) is 4.99 Å². The standard InChI is InChI=1S/C17H19F2N3O/c1-10-12(5-6-16(23)21-10)17-13(18)8-11(9-14(17)19)22-7-3-4-15(22)20-2/h8-9,12H,1,3-7H2,2H3,(H,21,23). The third-order valence-electron chi connectivity index (χ3n) is 4.46. The molecule has 2 aliphatic rings. The quantitative estimate of drug-likeness (QED) is 0.910. The third-order valence-corrected chi connectivity index (χ3v) is 4.46. The van der Waals surface area contributed by atoms with Gasteiger partial charge in [-0.3, -0.25) is 9.79 Å². The zero-order valence-corrected chi connectivity index (χ0v) is 13.0. The first-order chi connectivity index (χ1) is 11.0. The molecule has 122 valence electrons. The molecule has 0 aromatic heterocycles. The molecule has 2 saturated heterocycles. The summed E-state index contributed by atoms with van der Waals surface area (Å²) in [5.41, 5.74) is 0.809. The summed E-state index contributed by atoms with van der Waals surface area (Å²) in [7, 11) is 1.68. The number of nitrogens with zero attached hydrogens (tertiary/aromatic N) is 2. The Morgan fingerprint density at radius 3 is 2.61 bits per heavy atom. The van der Waals surface area contributed by atoms with Gasteiger partial charge in [-0.15, -0.1) is 0 Å². The van der Waals surface area contributed by atoms with Crippen LogP contribution in [0.15, 0.2) is 29.4 Å².